The summed E-state index contributed by atoms with van der Waals surface area (Å²) in [6, 6.07) is 19.5. The molecule has 0 saturated carbocycles. The second-order valence-electron chi connectivity index (χ2n) is 6.21. The highest BCUT2D eigenvalue weighted by molar-refractivity contribution is 6.04. The molecule has 1 N–H and O–H groups in total. The Morgan fingerprint density at radius 1 is 1.08 bits per heavy atom. The SMILES string of the molecule is Cc1cc(NC(=O)c2cccc(N(C)C)c2)n(Cc2ccccc2)n1. The highest BCUT2D eigenvalue weighted by Crippen LogP contribution is 2.17. The van der Waals surface area contributed by atoms with E-state index in [1.54, 1.807) is 0 Å². The molecule has 128 valence electrons. The molecular weight excluding hydrogens is 312 g/mol. The number of amides is 1. The van der Waals surface area contributed by atoms with Gasteiger partial charge in [-0.1, -0.05) is 36.4 Å². The third-order valence-electron chi connectivity index (χ3n) is 3.94. The van der Waals surface area contributed by atoms with E-state index in [1.165, 1.54) is 0 Å². The molecule has 0 fully saturated rings. The number of carbonyl (C=O) groups is 1. The first kappa shape index (κ1) is 16.8. The van der Waals surface area contributed by atoms with Crippen molar-refractivity contribution in [3.05, 3.63) is 77.5 Å². The van der Waals surface area contributed by atoms with Crippen molar-refractivity contribution in [1.82, 2.24) is 9.78 Å². The zero-order valence-electron chi connectivity index (χ0n) is 14.7. The molecule has 0 spiro atoms. The average molecular weight is 334 g/mol. The van der Waals surface area contributed by atoms with Crippen LogP contribution in [0.1, 0.15) is 21.6 Å². The van der Waals surface area contributed by atoms with E-state index < -0.39 is 0 Å². The number of hydrogen-bond acceptors (Lipinski definition) is 3. The molecule has 25 heavy (non-hydrogen) atoms. The lowest BCUT2D eigenvalue weighted by atomic mass is 10.2. The van der Waals surface area contributed by atoms with Crippen LogP contribution in [0, 0.1) is 6.92 Å². The predicted molar refractivity (Wildman–Crippen MR) is 101 cm³/mol. The second-order valence-corrected chi connectivity index (χ2v) is 6.21. The Balaban J connectivity index is 1.81. The summed E-state index contributed by atoms with van der Waals surface area (Å²) in [6.45, 7) is 2.53. The summed E-state index contributed by atoms with van der Waals surface area (Å²) in [4.78, 5) is 14.6. The Labute approximate surface area is 147 Å². The van der Waals surface area contributed by atoms with E-state index in [2.05, 4.69) is 10.4 Å². The molecule has 3 rings (SSSR count). The fourth-order valence-corrected chi connectivity index (χ4v) is 2.64. The van der Waals surface area contributed by atoms with Crippen molar-refractivity contribution in [1.29, 1.82) is 0 Å². The second kappa shape index (κ2) is 7.21. The Kier molecular flexibility index (Phi) is 4.84. The van der Waals surface area contributed by atoms with Crippen molar-refractivity contribution in [2.75, 3.05) is 24.3 Å². The van der Waals surface area contributed by atoms with E-state index in [4.69, 9.17) is 0 Å². The van der Waals surface area contributed by atoms with Crippen molar-refractivity contribution in [2.45, 2.75) is 13.5 Å². The van der Waals surface area contributed by atoms with Gasteiger partial charge in [0.25, 0.3) is 5.91 Å². The maximum absolute atomic E-state index is 12.6. The van der Waals surface area contributed by atoms with Crippen LogP contribution in [-0.2, 0) is 6.54 Å². The van der Waals surface area contributed by atoms with Crippen LogP contribution in [0.3, 0.4) is 0 Å². The van der Waals surface area contributed by atoms with Crippen LogP contribution in [0.15, 0.2) is 60.7 Å². The lowest BCUT2D eigenvalue weighted by molar-refractivity contribution is 0.102. The molecule has 0 saturated heterocycles. The fourth-order valence-electron chi connectivity index (χ4n) is 2.64. The van der Waals surface area contributed by atoms with Crippen LogP contribution in [0.2, 0.25) is 0 Å². The van der Waals surface area contributed by atoms with Gasteiger partial charge in [-0.15, -0.1) is 0 Å². The number of aryl methyl sites for hydroxylation is 1. The maximum Gasteiger partial charge on any atom is 0.256 e. The zero-order valence-corrected chi connectivity index (χ0v) is 14.7. The molecular formula is C20H22N4O. The molecule has 0 aliphatic heterocycles. The van der Waals surface area contributed by atoms with Gasteiger partial charge in [0.15, 0.2) is 0 Å². The molecule has 3 aromatic rings. The molecule has 2 aromatic carbocycles. The van der Waals surface area contributed by atoms with Gasteiger partial charge in [0.1, 0.15) is 5.82 Å². The van der Waals surface area contributed by atoms with Crippen LogP contribution < -0.4 is 10.2 Å². The number of hydrogen-bond donors (Lipinski definition) is 1. The molecule has 0 unspecified atom stereocenters. The van der Waals surface area contributed by atoms with E-state index in [1.807, 2.05) is 91.3 Å². The van der Waals surface area contributed by atoms with Gasteiger partial charge < -0.3 is 10.2 Å². The normalized spacial score (nSPS) is 10.5. The van der Waals surface area contributed by atoms with Gasteiger partial charge in [-0.3, -0.25) is 4.79 Å². The first-order valence-corrected chi connectivity index (χ1v) is 8.20. The minimum Gasteiger partial charge on any atom is -0.378 e. The summed E-state index contributed by atoms with van der Waals surface area (Å²) in [5.74, 6) is 0.555. The number of nitrogens with zero attached hydrogens (tertiary/aromatic N) is 3. The molecule has 0 atom stereocenters. The molecule has 1 aromatic heterocycles. The number of nitrogens with one attached hydrogen (secondary N) is 1. The molecule has 5 nitrogen and oxygen atoms in total. The topological polar surface area (TPSA) is 50.2 Å². The number of carbonyl (C=O) groups excluding carboxylic acids is 1. The summed E-state index contributed by atoms with van der Waals surface area (Å²) < 4.78 is 1.82. The van der Waals surface area contributed by atoms with E-state index >= 15 is 0 Å². The Morgan fingerprint density at radius 3 is 2.56 bits per heavy atom. The quantitative estimate of drug-likeness (QED) is 0.776. The average Bonchev–Trinajstić information content (AvgIpc) is 2.94. The highest BCUT2D eigenvalue weighted by atomic mass is 16.1. The van der Waals surface area contributed by atoms with Gasteiger partial charge in [0, 0.05) is 31.4 Å². The summed E-state index contributed by atoms with van der Waals surface area (Å²) in [5, 5.41) is 7.47. The van der Waals surface area contributed by atoms with Gasteiger partial charge in [-0.05, 0) is 30.7 Å². The number of rotatable bonds is 5. The summed E-state index contributed by atoms with van der Waals surface area (Å²) in [7, 11) is 3.91. The summed E-state index contributed by atoms with van der Waals surface area (Å²) >= 11 is 0. The Hall–Kier alpha value is -3.08. The molecule has 0 aliphatic rings. The first-order chi connectivity index (χ1) is 12.0. The minimum atomic E-state index is -0.141. The predicted octanol–water partition coefficient (Wildman–Crippen LogP) is 3.56. The first-order valence-electron chi connectivity index (χ1n) is 8.20. The minimum absolute atomic E-state index is 0.141. The van der Waals surface area contributed by atoms with Gasteiger partial charge in [0.2, 0.25) is 0 Å². The third kappa shape index (κ3) is 4.07. The van der Waals surface area contributed by atoms with E-state index in [0.29, 0.717) is 17.9 Å². The van der Waals surface area contributed by atoms with E-state index in [0.717, 1.165) is 16.9 Å². The molecule has 0 aliphatic carbocycles. The fraction of sp³-hybridized carbons (Fsp3) is 0.200. The van der Waals surface area contributed by atoms with E-state index in [9.17, 15) is 4.79 Å². The number of anilines is 2. The van der Waals surface area contributed by atoms with E-state index in [-0.39, 0.29) is 5.91 Å². The smallest absolute Gasteiger partial charge is 0.256 e. The number of benzene rings is 2. The van der Waals surface area contributed by atoms with Crippen LogP contribution in [0.5, 0.6) is 0 Å². The van der Waals surface area contributed by atoms with Gasteiger partial charge in [-0.25, -0.2) is 4.68 Å². The van der Waals surface area contributed by atoms with Crippen molar-refractivity contribution in [3.8, 4) is 0 Å². The van der Waals surface area contributed by atoms with Crippen molar-refractivity contribution in [3.63, 3.8) is 0 Å². The van der Waals surface area contributed by atoms with Crippen LogP contribution in [0.4, 0.5) is 11.5 Å². The molecule has 1 amide bonds. The monoisotopic (exact) mass is 334 g/mol. The van der Waals surface area contributed by atoms with Crippen LogP contribution >= 0.6 is 0 Å². The third-order valence-corrected chi connectivity index (χ3v) is 3.94. The highest BCUT2D eigenvalue weighted by Gasteiger charge is 2.12. The Bertz CT molecular complexity index is 868. The zero-order chi connectivity index (χ0) is 17.8. The standard InChI is InChI=1S/C20H22N4O/c1-15-12-19(24(22-15)14-16-8-5-4-6-9-16)21-20(25)17-10-7-11-18(13-17)23(2)3/h4-13H,14H2,1-3H3,(H,21,25). The van der Waals surface area contributed by atoms with Gasteiger partial charge in [0.05, 0.1) is 12.2 Å². The lowest BCUT2D eigenvalue weighted by Gasteiger charge is -2.14. The molecule has 0 bridgehead atoms. The molecule has 1 heterocycles. The molecule has 0 radical (unpaired) electrons. The van der Waals surface area contributed by atoms with Crippen molar-refractivity contribution >= 4 is 17.4 Å². The summed E-state index contributed by atoms with van der Waals surface area (Å²) in [6.07, 6.45) is 0. The van der Waals surface area contributed by atoms with Crippen molar-refractivity contribution in [2.24, 2.45) is 0 Å². The number of aromatic nitrogens is 2. The van der Waals surface area contributed by atoms with Crippen LogP contribution in [0.25, 0.3) is 0 Å². The summed E-state index contributed by atoms with van der Waals surface area (Å²) in [5.41, 5.74) is 3.61. The van der Waals surface area contributed by atoms with Crippen LogP contribution in [-0.4, -0.2) is 29.8 Å². The molecule has 5 heteroatoms. The van der Waals surface area contributed by atoms with Gasteiger partial charge in [-0.2, -0.15) is 5.10 Å². The van der Waals surface area contributed by atoms with Crippen molar-refractivity contribution < 1.29 is 4.79 Å². The Morgan fingerprint density at radius 2 is 1.84 bits per heavy atom. The van der Waals surface area contributed by atoms with Gasteiger partial charge >= 0.3 is 0 Å². The lowest BCUT2D eigenvalue weighted by Crippen LogP contribution is -2.17. The largest absolute Gasteiger partial charge is 0.378 e. The maximum atomic E-state index is 12.6.